The zero-order valence-electron chi connectivity index (χ0n) is 11.2. The zero-order valence-corrected chi connectivity index (χ0v) is 12.8. The molecular formula is C14H23ClN2S. The number of thiophene rings is 1. The molecule has 0 amide bonds. The van der Waals surface area contributed by atoms with Gasteiger partial charge in [0, 0.05) is 10.9 Å². The van der Waals surface area contributed by atoms with Crippen LogP contribution in [-0.4, -0.2) is 6.04 Å². The van der Waals surface area contributed by atoms with E-state index in [1.807, 2.05) is 6.07 Å². The molecule has 1 aromatic heterocycles. The van der Waals surface area contributed by atoms with Crippen LogP contribution in [-0.2, 0) is 6.42 Å². The van der Waals surface area contributed by atoms with Crippen molar-refractivity contribution in [2.24, 2.45) is 17.2 Å². The number of hydrazine groups is 1. The van der Waals surface area contributed by atoms with Gasteiger partial charge in [-0.1, -0.05) is 38.3 Å². The average molecular weight is 287 g/mol. The van der Waals surface area contributed by atoms with Crippen molar-refractivity contribution in [1.29, 1.82) is 0 Å². The van der Waals surface area contributed by atoms with E-state index in [4.69, 9.17) is 17.4 Å². The molecule has 1 fully saturated rings. The van der Waals surface area contributed by atoms with E-state index in [-0.39, 0.29) is 0 Å². The molecule has 0 radical (unpaired) electrons. The Kier molecular flexibility index (Phi) is 4.70. The number of nitrogens with two attached hydrogens (primary N) is 1. The Morgan fingerprint density at radius 1 is 1.50 bits per heavy atom. The second kappa shape index (κ2) is 5.91. The first-order chi connectivity index (χ1) is 8.53. The Balaban J connectivity index is 2.07. The lowest BCUT2D eigenvalue weighted by Crippen LogP contribution is -2.48. The molecule has 0 saturated heterocycles. The third kappa shape index (κ3) is 3.27. The molecule has 2 nitrogen and oxygen atoms in total. The van der Waals surface area contributed by atoms with Gasteiger partial charge < -0.3 is 0 Å². The summed E-state index contributed by atoms with van der Waals surface area (Å²) in [4.78, 5) is 1.32. The number of hydrogen-bond donors (Lipinski definition) is 2. The highest BCUT2D eigenvalue weighted by Crippen LogP contribution is 2.43. The van der Waals surface area contributed by atoms with Crippen LogP contribution in [0.5, 0.6) is 0 Å². The van der Waals surface area contributed by atoms with Crippen LogP contribution in [0.4, 0.5) is 0 Å². The quantitative estimate of drug-likeness (QED) is 0.649. The van der Waals surface area contributed by atoms with E-state index in [1.165, 1.54) is 30.6 Å². The Bertz CT molecular complexity index is 389. The highest BCUT2D eigenvalue weighted by Gasteiger charge is 2.37. The second-order valence-electron chi connectivity index (χ2n) is 6.02. The van der Waals surface area contributed by atoms with Gasteiger partial charge >= 0.3 is 0 Å². The second-order valence-corrected chi connectivity index (χ2v) is 7.82. The van der Waals surface area contributed by atoms with E-state index in [0.29, 0.717) is 17.4 Å². The third-order valence-electron chi connectivity index (χ3n) is 4.34. The summed E-state index contributed by atoms with van der Waals surface area (Å²) in [5.41, 5.74) is 3.43. The number of hydrogen-bond acceptors (Lipinski definition) is 3. The summed E-state index contributed by atoms with van der Waals surface area (Å²) in [5.74, 6) is 6.45. The number of nitrogens with one attached hydrogen (secondary N) is 1. The Hall–Kier alpha value is -0.0900. The van der Waals surface area contributed by atoms with Crippen LogP contribution in [0.15, 0.2) is 12.1 Å². The first-order valence-corrected chi connectivity index (χ1v) is 7.93. The van der Waals surface area contributed by atoms with Gasteiger partial charge in [-0.15, -0.1) is 11.3 Å². The monoisotopic (exact) mass is 286 g/mol. The maximum absolute atomic E-state index is 6.00. The van der Waals surface area contributed by atoms with Crippen LogP contribution in [0.25, 0.3) is 0 Å². The largest absolute Gasteiger partial charge is 0.271 e. The minimum Gasteiger partial charge on any atom is -0.271 e. The topological polar surface area (TPSA) is 38.0 Å². The maximum atomic E-state index is 6.00. The van der Waals surface area contributed by atoms with Crippen LogP contribution in [0.2, 0.25) is 4.34 Å². The molecule has 0 aromatic carbocycles. The van der Waals surface area contributed by atoms with Crippen molar-refractivity contribution in [3.05, 3.63) is 21.3 Å². The lowest BCUT2D eigenvalue weighted by atomic mass is 9.65. The highest BCUT2D eigenvalue weighted by molar-refractivity contribution is 7.16. The van der Waals surface area contributed by atoms with Crippen LogP contribution < -0.4 is 11.3 Å². The zero-order chi connectivity index (χ0) is 13.2. The van der Waals surface area contributed by atoms with Crippen molar-refractivity contribution in [2.75, 3.05) is 0 Å². The minimum absolute atomic E-state index is 0.356. The fraction of sp³-hybridized carbons (Fsp3) is 0.714. The molecule has 3 N–H and O–H groups in total. The molecule has 1 saturated carbocycles. The first-order valence-electron chi connectivity index (χ1n) is 6.73. The van der Waals surface area contributed by atoms with E-state index in [1.54, 1.807) is 11.3 Å². The first kappa shape index (κ1) is 14.3. The van der Waals surface area contributed by atoms with Crippen molar-refractivity contribution in [1.82, 2.24) is 5.43 Å². The molecule has 0 bridgehead atoms. The molecule has 4 heteroatoms. The van der Waals surface area contributed by atoms with Gasteiger partial charge in [0.1, 0.15) is 0 Å². The molecular weight excluding hydrogens is 264 g/mol. The van der Waals surface area contributed by atoms with Crippen molar-refractivity contribution >= 4 is 22.9 Å². The average Bonchev–Trinajstić information content (AvgIpc) is 2.72. The van der Waals surface area contributed by atoms with Crippen LogP contribution >= 0.6 is 22.9 Å². The summed E-state index contributed by atoms with van der Waals surface area (Å²) in [6.07, 6.45) is 6.26. The normalized spacial score (nSPS) is 25.0. The van der Waals surface area contributed by atoms with Gasteiger partial charge in [0.15, 0.2) is 0 Å². The molecule has 18 heavy (non-hydrogen) atoms. The standard InChI is InChI=1S/C14H23ClN2S/c1-14(2)8-4-3-5-11(14)12(17-16)9-10-6-7-13(15)18-10/h6-7,11-12,17H,3-5,8-9,16H2,1-2H3. The molecule has 1 aliphatic rings. The van der Waals surface area contributed by atoms with Crippen molar-refractivity contribution in [3.8, 4) is 0 Å². The summed E-state index contributed by atoms with van der Waals surface area (Å²) < 4.78 is 0.865. The lowest BCUT2D eigenvalue weighted by molar-refractivity contribution is 0.0985. The molecule has 1 heterocycles. The van der Waals surface area contributed by atoms with E-state index < -0.39 is 0 Å². The predicted molar refractivity (Wildman–Crippen MR) is 79.9 cm³/mol. The molecule has 2 atom stereocenters. The Labute approximate surface area is 119 Å². The van der Waals surface area contributed by atoms with Gasteiger partial charge in [-0.25, -0.2) is 0 Å². The molecule has 0 spiro atoms. The van der Waals surface area contributed by atoms with Gasteiger partial charge in [0.25, 0.3) is 0 Å². The van der Waals surface area contributed by atoms with E-state index in [2.05, 4.69) is 25.3 Å². The van der Waals surface area contributed by atoms with Crippen molar-refractivity contribution in [2.45, 2.75) is 52.0 Å². The van der Waals surface area contributed by atoms with Gasteiger partial charge in [0.05, 0.1) is 4.34 Å². The van der Waals surface area contributed by atoms with Gasteiger partial charge in [-0.3, -0.25) is 11.3 Å². The molecule has 2 rings (SSSR count). The van der Waals surface area contributed by atoms with E-state index in [0.717, 1.165) is 10.8 Å². The Morgan fingerprint density at radius 3 is 2.83 bits per heavy atom. The SMILES string of the molecule is CC1(C)CCCCC1C(Cc1ccc(Cl)s1)NN. The molecule has 0 aliphatic heterocycles. The summed E-state index contributed by atoms with van der Waals surface area (Å²) in [6, 6.07) is 4.45. The molecule has 102 valence electrons. The van der Waals surface area contributed by atoms with Crippen LogP contribution in [0.3, 0.4) is 0 Å². The van der Waals surface area contributed by atoms with E-state index >= 15 is 0 Å². The van der Waals surface area contributed by atoms with Crippen LogP contribution in [0.1, 0.15) is 44.4 Å². The van der Waals surface area contributed by atoms with Crippen LogP contribution in [0, 0.1) is 11.3 Å². The fourth-order valence-corrected chi connectivity index (χ4v) is 4.41. The number of rotatable bonds is 4. The third-order valence-corrected chi connectivity index (χ3v) is 5.59. The minimum atomic E-state index is 0.356. The lowest BCUT2D eigenvalue weighted by Gasteiger charge is -2.43. The van der Waals surface area contributed by atoms with Crippen molar-refractivity contribution in [3.63, 3.8) is 0 Å². The van der Waals surface area contributed by atoms with E-state index in [9.17, 15) is 0 Å². The molecule has 1 aromatic rings. The summed E-state index contributed by atoms with van der Waals surface area (Å²) in [7, 11) is 0. The summed E-state index contributed by atoms with van der Waals surface area (Å²) in [6.45, 7) is 4.76. The summed E-state index contributed by atoms with van der Waals surface area (Å²) in [5, 5.41) is 0. The Morgan fingerprint density at radius 2 is 2.28 bits per heavy atom. The van der Waals surface area contributed by atoms with Gasteiger partial charge in [0.2, 0.25) is 0 Å². The number of halogens is 1. The molecule has 1 aliphatic carbocycles. The summed E-state index contributed by atoms with van der Waals surface area (Å²) >= 11 is 7.66. The highest BCUT2D eigenvalue weighted by atomic mass is 35.5. The van der Waals surface area contributed by atoms with Gasteiger partial charge in [-0.05, 0) is 42.7 Å². The maximum Gasteiger partial charge on any atom is 0.0931 e. The van der Waals surface area contributed by atoms with Crippen molar-refractivity contribution < 1.29 is 0 Å². The smallest absolute Gasteiger partial charge is 0.0931 e. The van der Waals surface area contributed by atoms with Gasteiger partial charge in [-0.2, -0.15) is 0 Å². The molecule has 2 unspecified atom stereocenters. The predicted octanol–water partition coefficient (Wildman–Crippen LogP) is 3.99. The fourth-order valence-electron chi connectivity index (χ4n) is 3.26.